The number of aromatic nitrogens is 25. The largest absolute Gasteiger partial charge is 0.479 e. The molecule has 15 aromatic rings. The molecule has 5 aliphatic rings. The molecular formula is C81H76F10N30O10. The number of carbonyl (C=O) groups is 2. The first-order chi connectivity index (χ1) is 62.5. The van der Waals surface area contributed by atoms with Crippen molar-refractivity contribution in [2.75, 3.05) is 35.3 Å². The summed E-state index contributed by atoms with van der Waals surface area (Å²) in [5, 5.41) is 32.7. The molecule has 0 amide bonds. The van der Waals surface area contributed by atoms with E-state index in [1.54, 1.807) is 61.3 Å². The molecule has 5 saturated carbocycles. The van der Waals surface area contributed by atoms with E-state index in [1.807, 2.05) is 24.6 Å². The number of halogens is 10. The number of pyridine rings is 5. The van der Waals surface area contributed by atoms with E-state index in [9.17, 15) is 58.6 Å². The number of esters is 1. The van der Waals surface area contributed by atoms with Crippen molar-refractivity contribution in [2.45, 2.75) is 165 Å². The first-order valence-corrected chi connectivity index (χ1v) is 40.2. The highest BCUT2D eigenvalue weighted by atomic mass is 19.4. The molecule has 15 aromatic heterocycles. The quantitative estimate of drug-likeness (QED) is 0.0234. The van der Waals surface area contributed by atoms with Gasteiger partial charge in [0, 0.05) is 74.2 Å². The number of aryl methyl sites for hydroxylation is 2. The van der Waals surface area contributed by atoms with Crippen molar-refractivity contribution in [3.8, 4) is 64.5 Å². The number of carboxylic acids is 1. The second-order valence-electron chi connectivity index (χ2n) is 30.8. The molecule has 5 fully saturated rings. The standard InChI is InChI=1S/C18H17F3N6O3.C16H13F3N6O3.C16H15F3N6O.C16H16N6O2.C15H15FN6O/c1-2-29-16(28)17(5-3-6-17)27-14-12(13(22)24-9-25-14)15(26-27)30-11-8-10(4-7-23-11)18(19,20)21;17-16(18,19)8-2-5-21-9(6-8)28-13-10-11(20)22-7-23-12(10)25(24-13)15(14(26)27)3-1-4-15;1-9-3-6-21-10(7-9)26-14-11-12(20)22-8-23-13(11)25(24-14)15(4-2-5-15)16(17,18)19;1-9(2)23-11-5-6-18-12(7-11)24-16-13-14(17)19-8-20-15(13)22(21-16)10-3-4-10;1-8-2-3-18-11(4-8)23-15-12-13(17)19-7-20-14(12)22(21-15)10-5-9(16)6-10/h4,7-9H,2-3,5-6H2,1H3,(H2,22,24,25);2,5-7H,1,3-4H2,(H,26,27)(H2,20,22,23);3,6-8H,2,4-5H2,1H3,(H2,20,22,23);5-8,10H,1,3-4H2,2H3,(H2,17,19,20);2-4,7,9-10H,5-6H2,1H3,(H2,17,19,20). The summed E-state index contributed by atoms with van der Waals surface area (Å²) in [6, 6.07) is 13.9. The average Bonchev–Trinajstić information content (AvgIpc) is 1.59. The number of hydrogen-bond acceptors (Lipinski definition) is 34. The first-order valence-electron chi connectivity index (χ1n) is 40.2. The van der Waals surface area contributed by atoms with Gasteiger partial charge < -0.3 is 66.9 Å². The van der Waals surface area contributed by atoms with E-state index < -0.39 is 64.4 Å². The number of fused-ring (bicyclic) bond motifs is 5. The van der Waals surface area contributed by atoms with Crippen LogP contribution >= 0.6 is 0 Å². The summed E-state index contributed by atoms with van der Waals surface area (Å²) >= 11 is 0. The van der Waals surface area contributed by atoms with Gasteiger partial charge >= 0.3 is 30.5 Å². The average molecular weight is 1820 g/mol. The number of carboxylic acid groups (broad SMARTS) is 1. The van der Waals surface area contributed by atoms with Crippen LogP contribution in [0, 0.1) is 13.8 Å². The number of nitrogen functional groups attached to an aromatic ring is 5. The number of rotatable bonds is 20. The maximum atomic E-state index is 13.8. The zero-order valence-electron chi connectivity index (χ0n) is 69.4. The summed E-state index contributed by atoms with van der Waals surface area (Å²) in [7, 11) is 0. The van der Waals surface area contributed by atoms with Crippen LogP contribution in [-0.4, -0.2) is 160 Å². The van der Waals surface area contributed by atoms with Gasteiger partial charge in [0.25, 0.3) is 29.4 Å². The zero-order valence-corrected chi connectivity index (χ0v) is 69.4. The van der Waals surface area contributed by atoms with Crippen LogP contribution in [0.25, 0.3) is 55.2 Å². The lowest BCUT2D eigenvalue weighted by Crippen LogP contribution is -2.53. The third-order valence-corrected chi connectivity index (χ3v) is 21.9. The van der Waals surface area contributed by atoms with Gasteiger partial charge in [-0.15, -0.1) is 25.5 Å². The van der Waals surface area contributed by atoms with Crippen LogP contribution < -0.4 is 57.1 Å². The summed E-state index contributed by atoms with van der Waals surface area (Å²) in [5.41, 5.74) is 26.7. The molecule has 20 rings (SSSR count). The molecular weight excluding hydrogens is 1740 g/mol. The highest BCUT2D eigenvalue weighted by Crippen LogP contribution is 2.54. The molecule has 0 saturated heterocycles. The molecule has 0 radical (unpaired) electrons. The van der Waals surface area contributed by atoms with E-state index in [-0.39, 0.29) is 117 Å². The second kappa shape index (κ2) is 35.1. The Labute approximate surface area is 731 Å². The van der Waals surface area contributed by atoms with Crippen LogP contribution in [0.2, 0.25) is 0 Å². The van der Waals surface area contributed by atoms with E-state index in [4.69, 9.17) is 61.8 Å². The minimum Gasteiger partial charge on any atom is -0.479 e. The molecule has 680 valence electrons. The van der Waals surface area contributed by atoms with Gasteiger partial charge in [-0.25, -0.2) is 112 Å². The highest BCUT2D eigenvalue weighted by Gasteiger charge is 2.62. The van der Waals surface area contributed by atoms with Gasteiger partial charge in [-0.05, 0) is 140 Å². The van der Waals surface area contributed by atoms with Gasteiger partial charge in [0.2, 0.25) is 29.4 Å². The van der Waals surface area contributed by atoms with E-state index in [1.165, 1.54) is 34.5 Å². The van der Waals surface area contributed by atoms with E-state index in [0.29, 0.717) is 126 Å². The number of alkyl halides is 10. The van der Waals surface area contributed by atoms with Crippen LogP contribution in [0.3, 0.4) is 0 Å². The number of anilines is 5. The minimum atomic E-state index is -4.58. The fourth-order valence-corrected chi connectivity index (χ4v) is 14.6. The molecule has 0 spiro atoms. The van der Waals surface area contributed by atoms with Crippen LogP contribution in [-0.2, 0) is 43.3 Å². The van der Waals surface area contributed by atoms with Crippen molar-refractivity contribution in [3.05, 3.63) is 158 Å². The molecule has 0 unspecified atom stereocenters. The number of nitrogens with two attached hydrogens (primary N) is 5. The molecule has 50 heteroatoms. The molecule has 11 N–H and O–H groups in total. The van der Waals surface area contributed by atoms with Crippen LogP contribution in [0.1, 0.15) is 132 Å². The maximum Gasteiger partial charge on any atom is 0.416 e. The lowest BCUT2D eigenvalue weighted by atomic mass is 9.76. The summed E-state index contributed by atoms with van der Waals surface area (Å²) in [5.74, 6) is 0.604. The van der Waals surface area contributed by atoms with E-state index >= 15 is 0 Å². The number of hydrogen-bond donors (Lipinski definition) is 6. The van der Waals surface area contributed by atoms with Gasteiger partial charge in [-0.3, -0.25) is 0 Å². The predicted molar refractivity (Wildman–Crippen MR) is 442 cm³/mol. The number of nitrogens with zero attached hydrogens (tertiary/aromatic N) is 25. The topological polar surface area (TPSA) is 532 Å². The van der Waals surface area contributed by atoms with E-state index in [0.717, 1.165) is 78.3 Å². The Morgan fingerprint density at radius 3 is 1.14 bits per heavy atom. The molecule has 0 atom stereocenters. The Kier molecular flexibility index (Phi) is 23.8. The number of aliphatic carboxylic acids is 1. The minimum absolute atomic E-state index is 0.000510. The van der Waals surface area contributed by atoms with Crippen molar-refractivity contribution in [1.82, 2.24) is 124 Å². The summed E-state index contributed by atoms with van der Waals surface area (Å²) in [6.07, 6.45) is 4.90. The SMILES string of the molecule is C=C(C)Oc1ccnc(Oc2nn(C3CC3)c3ncnc(N)c23)c1.CCOC(=O)C1(n2nc(Oc3cc(C(F)(F)F)ccn3)c3c(N)ncnc32)CCC1.Cc1ccnc(Oc2nn(C3(C(F)(F)F)CCC3)c3ncnc(N)c23)c1.Cc1ccnc(Oc2nn(C3CC(F)C3)c3ncnc(N)c23)c1.Nc1ncnc2c1c(Oc1cc(C(F)(F)F)ccn1)nn2C1(C(=O)O)CCC1. The Morgan fingerprint density at radius 2 is 0.794 bits per heavy atom. The Balaban J connectivity index is 0.000000120. The van der Waals surface area contributed by atoms with Crippen molar-refractivity contribution >= 4 is 96.2 Å². The third kappa shape index (κ3) is 17.7. The fraction of sp³-hybridized carbons (Fsp3) is 0.333. The lowest BCUT2D eigenvalue weighted by molar-refractivity contribution is -0.242. The van der Waals surface area contributed by atoms with Crippen LogP contribution in [0.15, 0.2) is 136 Å². The molecule has 0 bridgehead atoms. The lowest BCUT2D eigenvalue weighted by Gasteiger charge is -2.42. The van der Waals surface area contributed by atoms with Gasteiger partial charge in [0.15, 0.2) is 44.9 Å². The first kappa shape index (κ1) is 88.7. The highest BCUT2D eigenvalue weighted by molar-refractivity contribution is 5.96. The summed E-state index contributed by atoms with van der Waals surface area (Å²) in [4.78, 5) is 84.9. The van der Waals surface area contributed by atoms with Crippen molar-refractivity contribution < 1.29 is 91.8 Å². The Bertz CT molecular complexity index is 6840. The predicted octanol–water partition coefficient (Wildman–Crippen LogP) is 14.4. The maximum absolute atomic E-state index is 13.8. The van der Waals surface area contributed by atoms with Crippen molar-refractivity contribution in [1.29, 1.82) is 0 Å². The monoisotopic (exact) mass is 1820 g/mol. The number of carbonyl (C=O) groups excluding carboxylic acids is 1. The summed E-state index contributed by atoms with van der Waals surface area (Å²) in [6.45, 7) is 11.2. The zero-order chi connectivity index (χ0) is 92.8. The molecule has 5 aliphatic carbocycles. The molecule has 0 aromatic carbocycles. The van der Waals surface area contributed by atoms with E-state index in [2.05, 4.69) is 107 Å². The fourth-order valence-electron chi connectivity index (χ4n) is 14.6. The molecule has 0 aliphatic heterocycles. The molecule has 40 nitrogen and oxygen atoms in total. The van der Waals surface area contributed by atoms with Gasteiger partial charge in [-0.1, -0.05) is 6.58 Å². The van der Waals surface area contributed by atoms with Gasteiger partial charge in [-0.2, -0.15) is 39.5 Å². The van der Waals surface area contributed by atoms with Crippen LogP contribution in [0.5, 0.6) is 64.5 Å². The number of ether oxygens (including phenoxy) is 7. The normalized spacial score (nSPS) is 16.4. The van der Waals surface area contributed by atoms with Crippen molar-refractivity contribution in [3.63, 3.8) is 0 Å². The molecule has 131 heavy (non-hydrogen) atoms. The van der Waals surface area contributed by atoms with Gasteiger partial charge in [0.05, 0.1) is 35.6 Å². The van der Waals surface area contributed by atoms with Gasteiger partial charge in [0.1, 0.15) is 99.6 Å². The summed E-state index contributed by atoms with van der Waals surface area (Å²) < 4.78 is 178. The van der Waals surface area contributed by atoms with Crippen molar-refractivity contribution in [2.24, 2.45) is 0 Å². The van der Waals surface area contributed by atoms with Crippen LogP contribution in [0.4, 0.5) is 73.0 Å². The smallest absolute Gasteiger partial charge is 0.416 e. The third-order valence-electron chi connectivity index (χ3n) is 21.9. The Morgan fingerprint density at radius 1 is 0.450 bits per heavy atom. The second-order valence-corrected chi connectivity index (χ2v) is 30.8. The Hall–Kier alpha value is -15.7. The molecule has 15 heterocycles. The number of allylic oxidation sites excluding steroid dienone is 1.